The summed E-state index contributed by atoms with van der Waals surface area (Å²) in [6.45, 7) is 18.9. The quantitative estimate of drug-likeness (QED) is 0.780. The molecule has 0 bridgehead atoms. The van der Waals surface area contributed by atoms with Crippen molar-refractivity contribution < 1.29 is 4.74 Å². The van der Waals surface area contributed by atoms with E-state index in [2.05, 4.69) is 49.1 Å². The highest BCUT2D eigenvalue weighted by molar-refractivity contribution is 5.29. The van der Waals surface area contributed by atoms with Gasteiger partial charge in [-0.25, -0.2) is 0 Å². The maximum Gasteiger partial charge on any atom is 0.160 e. The zero-order chi connectivity index (χ0) is 17.9. The molecule has 3 rings (SSSR count). The van der Waals surface area contributed by atoms with Gasteiger partial charge in [0.15, 0.2) is 5.76 Å². The van der Waals surface area contributed by atoms with E-state index in [0.717, 1.165) is 43.7 Å². The van der Waals surface area contributed by atoms with Crippen LogP contribution in [-0.2, 0) is 4.74 Å². The van der Waals surface area contributed by atoms with Gasteiger partial charge in [0.1, 0.15) is 6.61 Å². The van der Waals surface area contributed by atoms with Crippen molar-refractivity contribution in [3.05, 3.63) is 23.7 Å². The molecule has 24 heavy (non-hydrogen) atoms. The number of morpholine rings is 1. The second-order valence-corrected chi connectivity index (χ2v) is 7.09. The van der Waals surface area contributed by atoms with Gasteiger partial charge in [0.25, 0.3) is 0 Å². The van der Waals surface area contributed by atoms with Crippen LogP contribution in [0.5, 0.6) is 0 Å². The second-order valence-electron chi connectivity index (χ2n) is 7.09. The van der Waals surface area contributed by atoms with Crippen LogP contribution in [0.2, 0.25) is 0 Å². The lowest BCUT2D eigenvalue weighted by Gasteiger charge is -2.39. The first-order valence-corrected chi connectivity index (χ1v) is 9.79. The third kappa shape index (κ3) is 3.90. The summed E-state index contributed by atoms with van der Waals surface area (Å²) in [6.07, 6.45) is 4.03. The van der Waals surface area contributed by atoms with Crippen LogP contribution in [0, 0.1) is 0 Å². The van der Waals surface area contributed by atoms with E-state index in [1.165, 1.54) is 25.0 Å². The Hall–Kier alpha value is -1.16. The Morgan fingerprint density at radius 3 is 2.50 bits per heavy atom. The van der Waals surface area contributed by atoms with Gasteiger partial charge in [0, 0.05) is 31.7 Å². The number of allylic oxidation sites excluding steroid dienone is 1. The van der Waals surface area contributed by atoms with Gasteiger partial charge < -0.3 is 14.5 Å². The molecule has 4 nitrogen and oxygen atoms in total. The lowest BCUT2D eigenvalue weighted by Crippen LogP contribution is -2.41. The smallest absolute Gasteiger partial charge is 0.160 e. The molecule has 1 aliphatic carbocycles. The van der Waals surface area contributed by atoms with Crippen molar-refractivity contribution in [3.8, 4) is 0 Å². The highest BCUT2D eigenvalue weighted by Crippen LogP contribution is 2.33. The molecule has 0 radical (unpaired) electrons. The molecule has 3 aliphatic rings. The molecular formula is C20H37N3O. The van der Waals surface area contributed by atoms with E-state index in [9.17, 15) is 0 Å². The van der Waals surface area contributed by atoms with Crippen LogP contribution in [0.25, 0.3) is 0 Å². The predicted octanol–water partition coefficient (Wildman–Crippen LogP) is 3.67. The molecule has 4 heteroatoms. The number of nitrogens with zero attached hydrogens (tertiary/aromatic N) is 3. The normalized spacial score (nSPS) is 29.4. The minimum Gasteiger partial charge on any atom is -0.487 e. The molecule has 2 heterocycles. The average Bonchev–Trinajstić information content (AvgIpc) is 3.32. The molecule has 0 aromatic rings. The summed E-state index contributed by atoms with van der Waals surface area (Å²) in [5.41, 5.74) is 2.32. The minimum absolute atomic E-state index is 0.418. The Morgan fingerprint density at radius 2 is 1.92 bits per heavy atom. The van der Waals surface area contributed by atoms with Gasteiger partial charge in [-0.15, -0.1) is 0 Å². The highest BCUT2D eigenvalue weighted by atomic mass is 16.5. The third-order valence-electron chi connectivity index (χ3n) is 5.62. The van der Waals surface area contributed by atoms with Gasteiger partial charge >= 0.3 is 0 Å². The van der Waals surface area contributed by atoms with E-state index in [0.29, 0.717) is 12.1 Å². The molecule has 0 unspecified atom stereocenters. The van der Waals surface area contributed by atoms with Gasteiger partial charge in [-0.1, -0.05) is 20.4 Å². The molecule has 1 saturated carbocycles. The summed E-state index contributed by atoms with van der Waals surface area (Å²) in [5, 5.41) is 0. The van der Waals surface area contributed by atoms with E-state index < -0.39 is 0 Å². The maximum absolute atomic E-state index is 6.05. The summed E-state index contributed by atoms with van der Waals surface area (Å²) >= 11 is 0. The molecule has 0 aromatic heterocycles. The summed E-state index contributed by atoms with van der Waals surface area (Å²) in [6, 6.07) is 1.96. The van der Waals surface area contributed by atoms with Crippen LogP contribution in [0.1, 0.15) is 53.9 Å². The number of hydrogen-bond acceptors (Lipinski definition) is 4. The zero-order valence-corrected chi connectivity index (χ0v) is 16.6. The van der Waals surface area contributed by atoms with Gasteiger partial charge in [-0.05, 0) is 47.1 Å². The van der Waals surface area contributed by atoms with Crippen molar-refractivity contribution in [2.24, 2.45) is 0 Å². The fourth-order valence-electron chi connectivity index (χ4n) is 3.89. The van der Waals surface area contributed by atoms with Crippen molar-refractivity contribution in [2.45, 2.75) is 72.0 Å². The van der Waals surface area contributed by atoms with Gasteiger partial charge in [-0.2, -0.15) is 0 Å². The van der Waals surface area contributed by atoms with E-state index in [1.807, 2.05) is 13.8 Å². The predicted molar refractivity (Wildman–Crippen MR) is 102 cm³/mol. The van der Waals surface area contributed by atoms with Gasteiger partial charge in [0.05, 0.1) is 17.4 Å². The Kier molecular flexibility index (Phi) is 6.62. The first-order valence-electron chi connectivity index (χ1n) is 9.79. The molecule has 138 valence electrons. The number of hydrogen-bond donors (Lipinski definition) is 0. The molecule has 0 aromatic carbocycles. The molecule has 2 atom stereocenters. The van der Waals surface area contributed by atoms with Crippen LogP contribution in [-0.4, -0.2) is 66.1 Å². The van der Waals surface area contributed by atoms with Crippen LogP contribution in [0.3, 0.4) is 0 Å². The first kappa shape index (κ1) is 19.2. The highest BCUT2D eigenvalue weighted by Gasteiger charge is 2.36. The second kappa shape index (κ2) is 8.28. The Bertz CT molecular complexity index is 470. The van der Waals surface area contributed by atoms with E-state index in [-0.39, 0.29) is 0 Å². The van der Waals surface area contributed by atoms with Gasteiger partial charge in [0.2, 0.25) is 0 Å². The Labute approximate surface area is 149 Å². The van der Waals surface area contributed by atoms with Crippen molar-refractivity contribution in [3.63, 3.8) is 0 Å². The molecule has 0 amide bonds. The zero-order valence-electron chi connectivity index (χ0n) is 16.6. The molecule has 3 fully saturated rings. The summed E-state index contributed by atoms with van der Waals surface area (Å²) in [7, 11) is 2.30. The van der Waals surface area contributed by atoms with Crippen LogP contribution in [0.15, 0.2) is 23.7 Å². The standard InChI is InChI=1S/C18H31N3O.C2H6/c1-6-21-13(2)12-22-18(15(21)4)14(3)20-10-9-17(11-20)19(5)16-7-8-16;1-2/h13,16-17H,4,6-12H2,1-3,5H3;1-2H3/b18-14-;/t13-,17+;/m0./s1. The van der Waals surface area contributed by atoms with Crippen molar-refractivity contribution in [1.29, 1.82) is 0 Å². The van der Waals surface area contributed by atoms with Crippen molar-refractivity contribution >= 4 is 0 Å². The first-order chi connectivity index (χ1) is 11.5. The summed E-state index contributed by atoms with van der Waals surface area (Å²) in [5.74, 6) is 1.01. The molecule has 2 saturated heterocycles. The number of likely N-dealkylation sites (tertiary alicyclic amines) is 1. The Balaban J connectivity index is 0.00000100. The van der Waals surface area contributed by atoms with Crippen LogP contribution in [0.4, 0.5) is 0 Å². The van der Waals surface area contributed by atoms with Crippen LogP contribution < -0.4 is 0 Å². The van der Waals surface area contributed by atoms with Crippen molar-refractivity contribution in [2.75, 3.05) is 33.3 Å². The topological polar surface area (TPSA) is 19.0 Å². The van der Waals surface area contributed by atoms with E-state index >= 15 is 0 Å². The van der Waals surface area contributed by atoms with Gasteiger partial charge in [-0.3, -0.25) is 4.90 Å². The largest absolute Gasteiger partial charge is 0.487 e. The Morgan fingerprint density at radius 1 is 1.25 bits per heavy atom. The molecule has 0 spiro atoms. The monoisotopic (exact) mass is 335 g/mol. The minimum atomic E-state index is 0.418. The number of likely N-dealkylation sites (N-methyl/N-ethyl adjacent to an activating group) is 2. The number of rotatable bonds is 4. The lowest BCUT2D eigenvalue weighted by atomic mass is 10.1. The number of ether oxygens (including phenoxy) is 1. The summed E-state index contributed by atoms with van der Waals surface area (Å²) in [4.78, 5) is 7.44. The van der Waals surface area contributed by atoms with Crippen LogP contribution >= 0.6 is 0 Å². The van der Waals surface area contributed by atoms with Crippen molar-refractivity contribution in [1.82, 2.24) is 14.7 Å². The lowest BCUT2D eigenvalue weighted by molar-refractivity contribution is 0.0789. The molecule has 0 N–H and O–H groups in total. The fourth-order valence-corrected chi connectivity index (χ4v) is 3.89. The SMILES string of the molecule is C=C1/C(=C(\C)N2CC[C@@H](N(C)C3CC3)C2)OC[C@H](C)N1CC.CC. The molecular weight excluding hydrogens is 298 g/mol. The van der Waals surface area contributed by atoms with E-state index in [1.54, 1.807) is 0 Å². The molecule has 2 aliphatic heterocycles. The van der Waals surface area contributed by atoms with E-state index in [4.69, 9.17) is 4.74 Å². The third-order valence-corrected chi connectivity index (χ3v) is 5.62. The summed E-state index contributed by atoms with van der Waals surface area (Å²) < 4.78 is 6.05. The average molecular weight is 336 g/mol. The maximum atomic E-state index is 6.05. The fraction of sp³-hybridized carbons (Fsp3) is 0.800.